The Morgan fingerprint density at radius 1 is 1.37 bits per heavy atom. The van der Waals surface area contributed by atoms with Crippen LogP contribution in [0.15, 0.2) is 30.6 Å². The summed E-state index contributed by atoms with van der Waals surface area (Å²) in [5, 5.41) is 13.0. The molecule has 3 heterocycles. The molecule has 1 saturated heterocycles. The number of anilines is 1. The number of nitrogens with zero attached hydrogens (tertiary/aromatic N) is 4. The van der Waals surface area contributed by atoms with E-state index in [1.807, 2.05) is 20.8 Å². The van der Waals surface area contributed by atoms with Gasteiger partial charge in [-0.05, 0) is 45.7 Å². The van der Waals surface area contributed by atoms with Crippen LogP contribution in [-0.4, -0.2) is 57.3 Å². The highest BCUT2D eigenvalue weighted by Gasteiger charge is 2.28. The Labute approximate surface area is 201 Å². The minimum atomic E-state index is -3.05. The smallest absolute Gasteiger partial charge is 0.410 e. The summed E-state index contributed by atoms with van der Waals surface area (Å²) in [4.78, 5) is 25.8. The van der Waals surface area contributed by atoms with Crippen molar-refractivity contribution in [2.45, 2.75) is 51.9 Å². The molecular weight excluding hydrogens is 458 g/mol. The van der Waals surface area contributed by atoms with Gasteiger partial charge >= 0.3 is 12.7 Å². The van der Waals surface area contributed by atoms with E-state index in [-0.39, 0.29) is 29.5 Å². The number of hydrogen-bond acceptors (Lipinski definition) is 7. The average Bonchev–Trinajstić information content (AvgIpc) is 3.22. The highest BCUT2D eigenvalue weighted by molar-refractivity contribution is 5.96. The van der Waals surface area contributed by atoms with Crippen LogP contribution < -0.4 is 10.1 Å². The van der Waals surface area contributed by atoms with Gasteiger partial charge in [0, 0.05) is 41.8 Å². The summed E-state index contributed by atoms with van der Waals surface area (Å²) < 4.78 is 36.3. The number of halogens is 2. The number of aromatic amines is 1. The lowest BCUT2D eigenvalue weighted by molar-refractivity contribution is -0.0498. The quantitative estimate of drug-likeness (QED) is 0.529. The lowest BCUT2D eigenvalue weighted by Gasteiger charge is -2.34. The molecule has 0 saturated carbocycles. The molecule has 1 amide bonds. The molecule has 9 nitrogen and oxygen atoms in total. The van der Waals surface area contributed by atoms with E-state index in [0.29, 0.717) is 35.1 Å². The lowest BCUT2D eigenvalue weighted by Crippen LogP contribution is -2.47. The summed E-state index contributed by atoms with van der Waals surface area (Å²) in [6, 6.07) is 6.95. The minimum absolute atomic E-state index is 0.146. The summed E-state index contributed by atoms with van der Waals surface area (Å²) in [5.74, 6) is 0.0514. The van der Waals surface area contributed by atoms with Gasteiger partial charge in [0.2, 0.25) is 5.95 Å². The van der Waals surface area contributed by atoms with Crippen LogP contribution in [0.1, 0.15) is 39.2 Å². The Balaban J connectivity index is 1.60. The number of carbonyl (C=O) groups is 1. The largest absolute Gasteiger partial charge is 0.444 e. The summed E-state index contributed by atoms with van der Waals surface area (Å²) in [6.07, 6.45) is 3.98. The molecule has 1 aromatic carbocycles. The Hall–Kier alpha value is -3.94. The highest BCUT2D eigenvalue weighted by Crippen LogP contribution is 2.35. The molecule has 2 aromatic heterocycles. The van der Waals surface area contributed by atoms with E-state index >= 15 is 0 Å². The third kappa shape index (κ3) is 5.77. The molecule has 35 heavy (non-hydrogen) atoms. The number of amides is 1. The first-order valence-electron chi connectivity index (χ1n) is 11.2. The van der Waals surface area contributed by atoms with Gasteiger partial charge < -0.3 is 24.7 Å². The Morgan fingerprint density at radius 2 is 2.17 bits per heavy atom. The fourth-order valence-corrected chi connectivity index (χ4v) is 3.98. The van der Waals surface area contributed by atoms with Crippen LogP contribution in [0.25, 0.3) is 22.2 Å². The Kier molecular flexibility index (Phi) is 6.73. The molecule has 4 rings (SSSR count). The number of alkyl halides is 2. The lowest BCUT2D eigenvalue weighted by atomic mass is 10.1. The van der Waals surface area contributed by atoms with Crippen molar-refractivity contribution in [3.8, 4) is 23.1 Å². The van der Waals surface area contributed by atoms with Crippen molar-refractivity contribution >= 4 is 22.9 Å². The fraction of sp³-hybridized carbons (Fsp3) is 0.417. The van der Waals surface area contributed by atoms with Crippen LogP contribution in [0, 0.1) is 11.3 Å². The predicted octanol–water partition coefficient (Wildman–Crippen LogP) is 4.91. The molecule has 1 fully saturated rings. The number of hydrogen-bond donors (Lipinski definition) is 2. The minimum Gasteiger partial charge on any atom is -0.444 e. The maximum absolute atomic E-state index is 13.1. The first-order chi connectivity index (χ1) is 16.6. The number of rotatable bonds is 5. The number of H-pyrrole nitrogens is 1. The van der Waals surface area contributed by atoms with Crippen molar-refractivity contribution in [1.29, 1.82) is 5.26 Å². The second-order valence-electron chi connectivity index (χ2n) is 9.27. The van der Waals surface area contributed by atoms with Crippen molar-refractivity contribution in [2.75, 3.05) is 18.4 Å². The monoisotopic (exact) mass is 484 g/mol. The Bertz CT molecular complexity index is 1260. The topological polar surface area (TPSA) is 116 Å². The molecule has 2 N–H and O–H groups in total. The van der Waals surface area contributed by atoms with E-state index in [0.717, 1.165) is 12.8 Å². The second kappa shape index (κ2) is 9.74. The number of nitrogens with one attached hydrogen (secondary N) is 2. The van der Waals surface area contributed by atoms with Gasteiger partial charge in [0.05, 0.1) is 17.8 Å². The van der Waals surface area contributed by atoms with Gasteiger partial charge in [-0.1, -0.05) is 6.07 Å². The zero-order valence-electron chi connectivity index (χ0n) is 19.6. The molecule has 184 valence electrons. The molecule has 0 unspecified atom stereocenters. The number of piperidine rings is 1. The molecule has 0 bridgehead atoms. The van der Waals surface area contributed by atoms with Crippen molar-refractivity contribution in [3.63, 3.8) is 0 Å². The van der Waals surface area contributed by atoms with Gasteiger partial charge in [-0.2, -0.15) is 14.0 Å². The van der Waals surface area contributed by atoms with Crippen LogP contribution in [0.3, 0.4) is 0 Å². The number of carbonyl (C=O) groups excluding carboxylic acids is 1. The fourth-order valence-electron chi connectivity index (χ4n) is 3.98. The predicted molar refractivity (Wildman–Crippen MR) is 125 cm³/mol. The van der Waals surface area contributed by atoms with Crippen LogP contribution in [-0.2, 0) is 4.74 Å². The van der Waals surface area contributed by atoms with Crippen LogP contribution in [0.5, 0.6) is 5.75 Å². The first kappa shape index (κ1) is 24.2. The van der Waals surface area contributed by atoms with Crippen molar-refractivity contribution in [1.82, 2.24) is 19.9 Å². The standard InChI is InChI=1S/C24H26F2N6O3/c1-24(2,3)35-23(33)32-8-4-5-15(13-32)30-22-29-12-19(34-21(25)26)20(31-22)17-11-28-18-9-14(10-27)6-7-16(17)18/h6-7,9,11-12,15,21,28H,4-5,8,13H2,1-3H3,(H,29,30,31)/t15-/m0/s1. The molecule has 1 atom stereocenters. The van der Waals surface area contributed by atoms with Crippen molar-refractivity contribution < 1.29 is 23.0 Å². The molecular formula is C24H26F2N6O3. The van der Waals surface area contributed by atoms with Crippen LogP contribution in [0.4, 0.5) is 19.5 Å². The number of fused-ring (bicyclic) bond motifs is 1. The maximum atomic E-state index is 13.1. The van der Waals surface area contributed by atoms with E-state index in [4.69, 9.17) is 10.00 Å². The number of aromatic nitrogens is 3. The summed E-state index contributed by atoms with van der Waals surface area (Å²) in [6.45, 7) is 3.37. The number of likely N-dealkylation sites (tertiary alicyclic amines) is 1. The maximum Gasteiger partial charge on any atom is 0.410 e. The Morgan fingerprint density at radius 3 is 2.89 bits per heavy atom. The van der Waals surface area contributed by atoms with E-state index in [9.17, 15) is 13.6 Å². The zero-order valence-corrected chi connectivity index (χ0v) is 19.6. The van der Waals surface area contributed by atoms with Crippen molar-refractivity contribution in [2.24, 2.45) is 0 Å². The van der Waals surface area contributed by atoms with Crippen LogP contribution in [0.2, 0.25) is 0 Å². The van der Waals surface area contributed by atoms with Gasteiger partial charge in [-0.3, -0.25) is 0 Å². The molecule has 11 heteroatoms. The molecule has 0 spiro atoms. The number of benzene rings is 1. The van der Waals surface area contributed by atoms with E-state index in [1.54, 1.807) is 29.3 Å². The van der Waals surface area contributed by atoms with Gasteiger partial charge in [-0.25, -0.2) is 14.8 Å². The molecule has 1 aliphatic heterocycles. The summed E-state index contributed by atoms with van der Waals surface area (Å²) in [7, 11) is 0. The second-order valence-corrected chi connectivity index (χ2v) is 9.27. The number of ether oxygens (including phenoxy) is 2. The normalized spacial score (nSPS) is 16.3. The highest BCUT2D eigenvalue weighted by atomic mass is 19.3. The third-order valence-electron chi connectivity index (χ3n) is 5.44. The summed E-state index contributed by atoms with van der Waals surface area (Å²) in [5.41, 5.74) is 1.24. The van der Waals surface area contributed by atoms with Gasteiger partial charge in [-0.15, -0.1) is 0 Å². The van der Waals surface area contributed by atoms with Gasteiger partial charge in [0.1, 0.15) is 11.3 Å². The molecule has 0 aliphatic carbocycles. The molecule has 0 radical (unpaired) electrons. The first-order valence-corrected chi connectivity index (χ1v) is 11.2. The van der Waals surface area contributed by atoms with Gasteiger partial charge in [0.25, 0.3) is 0 Å². The van der Waals surface area contributed by atoms with Crippen LogP contribution >= 0.6 is 0 Å². The molecule has 3 aromatic rings. The average molecular weight is 485 g/mol. The molecule has 1 aliphatic rings. The van der Waals surface area contributed by atoms with Crippen molar-refractivity contribution in [3.05, 3.63) is 36.2 Å². The van der Waals surface area contributed by atoms with Gasteiger partial charge in [0.15, 0.2) is 5.75 Å². The zero-order chi connectivity index (χ0) is 25.2. The summed E-state index contributed by atoms with van der Waals surface area (Å²) >= 11 is 0. The SMILES string of the molecule is CC(C)(C)OC(=O)N1CCC[C@H](Nc2ncc(OC(F)F)c(-c3c[nH]c4cc(C#N)ccc34)n2)C1. The number of nitriles is 1. The van der Waals surface area contributed by atoms with E-state index < -0.39 is 12.2 Å². The van der Waals surface area contributed by atoms with E-state index in [2.05, 4.69) is 31.1 Å². The third-order valence-corrected chi connectivity index (χ3v) is 5.44. The van der Waals surface area contributed by atoms with E-state index in [1.165, 1.54) is 6.20 Å².